The molecule has 0 aromatic heterocycles. The van der Waals surface area contributed by atoms with Crippen LogP contribution in [-0.2, 0) is 0 Å². The van der Waals surface area contributed by atoms with Crippen molar-refractivity contribution in [3.05, 3.63) is 28.8 Å². The molecular formula is C8H11ClN2O. The Kier molecular flexibility index (Phi) is 2.92. The van der Waals surface area contributed by atoms with E-state index in [1.807, 2.05) is 0 Å². The summed E-state index contributed by atoms with van der Waals surface area (Å²) in [6, 6.07) is 5.21. The molecule has 0 amide bonds. The van der Waals surface area contributed by atoms with Gasteiger partial charge in [-0.1, -0.05) is 17.7 Å². The number of hydrogen-bond acceptors (Lipinski definition) is 3. The Labute approximate surface area is 76.3 Å². The molecule has 0 fully saturated rings. The van der Waals surface area contributed by atoms with E-state index < -0.39 is 6.17 Å². The Morgan fingerprint density at radius 3 is 2.50 bits per heavy atom. The van der Waals surface area contributed by atoms with Gasteiger partial charge in [0.2, 0.25) is 0 Å². The molecule has 0 aliphatic heterocycles. The molecular weight excluding hydrogens is 176 g/mol. The zero-order valence-corrected chi connectivity index (χ0v) is 7.51. The number of hydrogen-bond donors (Lipinski definition) is 2. The van der Waals surface area contributed by atoms with E-state index in [9.17, 15) is 0 Å². The van der Waals surface area contributed by atoms with Crippen LogP contribution in [0.2, 0.25) is 5.02 Å². The highest BCUT2D eigenvalue weighted by atomic mass is 35.5. The maximum absolute atomic E-state index is 5.86. The van der Waals surface area contributed by atoms with Crippen molar-refractivity contribution < 1.29 is 4.74 Å². The van der Waals surface area contributed by atoms with Crippen LogP contribution in [0.3, 0.4) is 0 Å². The number of methoxy groups -OCH3 is 1. The maximum atomic E-state index is 5.86. The molecule has 0 radical (unpaired) electrons. The molecule has 1 aromatic rings. The lowest BCUT2D eigenvalue weighted by Gasteiger charge is -2.08. The van der Waals surface area contributed by atoms with Crippen LogP contribution in [0.5, 0.6) is 5.75 Å². The lowest BCUT2D eigenvalue weighted by Crippen LogP contribution is -2.20. The van der Waals surface area contributed by atoms with E-state index in [0.717, 1.165) is 5.56 Å². The average Bonchev–Trinajstić information content (AvgIpc) is 2.03. The summed E-state index contributed by atoms with van der Waals surface area (Å²) in [6.07, 6.45) is -0.539. The van der Waals surface area contributed by atoms with Crippen molar-refractivity contribution in [2.45, 2.75) is 6.17 Å². The van der Waals surface area contributed by atoms with Gasteiger partial charge in [-0.2, -0.15) is 0 Å². The van der Waals surface area contributed by atoms with Gasteiger partial charge in [-0.3, -0.25) is 0 Å². The summed E-state index contributed by atoms with van der Waals surface area (Å²) in [4.78, 5) is 0. The third kappa shape index (κ3) is 1.88. The first-order chi connectivity index (χ1) is 5.65. The standard InChI is InChI=1S/C8H11ClN2O/c1-12-5-2-3-6(8(10)11)7(9)4-5/h2-4,8H,10-11H2,1H3. The van der Waals surface area contributed by atoms with E-state index in [1.54, 1.807) is 25.3 Å². The molecule has 0 atom stereocenters. The summed E-state index contributed by atoms with van der Waals surface area (Å²) in [5.74, 6) is 0.699. The van der Waals surface area contributed by atoms with Crippen LogP contribution in [-0.4, -0.2) is 7.11 Å². The molecule has 4 N–H and O–H groups in total. The number of rotatable bonds is 2. The van der Waals surface area contributed by atoms with Crippen molar-refractivity contribution in [2.75, 3.05) is 7.11 Å². The van der Waals surface area contributed by atoms with Crippen molar-refractivity contribution >= 4 is 11.6 Å². The van der Waals surface area contributed by atoms with Gasteiger partial charge in [0.15, 0.2) is 0 Å². The smallest absolute Gasteiger partial charge is 0.120 e. The Morgan fingerprint density at radius 1 is 1.42 bits per heavy atom. The van der Waals surface area contributed by atoms with Crippen LogP contribution < -0.4 is 16.2 Å². The second-order valence-electron chi connectivity index (χ2n) is 2.41. The normalized spacial score (nSPS) is 10.4. The van der Waals surface area contributed by atoms with Crippen molar-refractivity contribution in [3.63, 3.8) is 0 Å². The first kappa shape index (κ1) is 9.32. The van der Waals surface area contributed by atoms with E-state index in [0.29, 0.717) is 10.8 Å². The minimum atomic E-state index is -0.539. The van der Waals surface area contributed by atoms with Crippen molar-refractivity contribution in [1.29, 1.82) is 0 Å². The molecule has 0 saturated heterocycles. The number of benzene rings is 1. The van der Waals surface area contributed by atoms with E-state index in [2.05, 4.69) is 0 Å². The van der Waals surface area contributed by atoms with Gasteiger partial charge in [0.1, 0.15) is 5.75 Å². The monoisotopic (exact) mass is 186 g/mol. The van der Waals surface area contributed by atoms with Crippen LogP contribution in [0.15, 0.2) is 18.2 Å². The lowest BCUT2D eigenvalue weighted by atomic mass is 10.2. The molecule has 0 bridgehead atoms. The highest BCUT2D eigenvalue weighted by Crippen LogP contribution is 2.24. The SMILES string of the molecule is COc1ccc(C(N)N)c(Cl)c1. The molecule has 0 aliphatic rings. The van der Waals surface area contributed by atoms with E-state index in [-0.39, 0.29) is 0 Å². The fourth-order valence-electron chi connectivity index (χ4n) is 0.905. The predicted octanol–water partition coefficient (Wildman–Crippen LogP) is 1.26. The van der Waals surface area contributed by atoms with Crippen LogP contribution in [0.25, 0.3) is 0 Å². The molecule has 0 unspecified atom stereocenters. The molecule has 0 saturated carbocycles. The predicted molar refractivity (Wildman–Crippen MR) is 49.1 cm³/mol. The summed E-state index contributed by atoms with van der Waals surface area (Å²) in [6.45, 7) is 0. The highest BCUT2D eigenvalue weighted by Gasteiger charge is 2.05. The zero-order valence-electron chi connectivity index (χ0n) is 6.75. The fourth-order valence-corrected chi connectivity index (χ4v) is 1.20. The number of ether oxygens (including phenoxy) is 1. The van der Waals surface area contributed by atoms with Crippen LogP contribution in [0.1, 0.15) is 11.7 Å². The molecule has 12 heavy (non-hydrogen) atoms. The van der Waals surface area contributed by atoms with Crippen LogP contribution in [0.4, 0.5) is 0 Å². The van der Waals surface area contributed by atoms with E-state index in [1.165, 1.54) is 0 Å². The Balaban J connectivity index is 3.03. The second-order valence-corrected chi connectivity index (χ2v) is 2.82. The van der Waals surface area contributed by atoms with Gasteiger partial charge in [0.05, 0.1) is 18.3 Å². The molecule has 4 heteroatoms. The molecule has 0 heterocycles. The summed E-state index contributed by atoms with van der Waals surface area (Å²) in [5.41, 5.74) is 11.6. The topological polar surface area (TPSA) is 61.3 Å². The third-order valence-corrected chi connectivity index (χ3v) is 1.89. The first-order valence-corrected chi connectivity index (χ1v) is 3.87. The molecule has 0 aliphatic carbocycles. The Morgan fingerprint density at radius 2 is 2.08 bits per heavy atom. The van der Waals surface area contributed by atoms with Crippen LogP contribution in [0, 0.1) is 0 Å². The second kappa shape index (κ2) is 3.76. The van der Waals surface area contributed by atoms with Gasteiger partial charge < -0.3 is 16.2 Å². The van der Waals surface area contributed by atoms with Crippen molar-refractivity contribution in [2.24, 2.45) is 11.5 Å². The molecule has 3 nitrogen and oxygen atoms in total. The van der Waals surface area contributed by atoms with Gasteiger partial charge >= 0.3 is 0 Å². The van der Waals surface area contributed by atoms with Gasteiger partial charge in [-0.05, 0) is 12.1 Å². The number of nitrogens with two attached hydrogens (primary N) is 2. The van der Waals surface area contributed by atoms with Gasteiger partial charge in [-0.25, -0.2) is 0 Å². The van der Waals surface area contributed by atoms with Gasteiger partial charge in [0, 0.05) is 5.56 Å². The van der Waals surface area contributed by atoms with E-state index in [4.69, 9.17) is 27.8 Å². The van der Waals surface area contributed by atoms with Gasteiger partial charge in [0.25, 0.3) is 0 Å². The van der Waals surface area contributed by atoms with Crippen molar-refractivity contribution in [3.8, 4) is 5.75 Å². The summed E-state index contributed by atoms with van der Waals surface area (Å²) >= 11 is 5.86. The van der Waals surface area contributed by atoms with E-state index >= 15 is 0 Å². The average molecular weight is 187 g/mol. The Bertz CT molecular complexity index is 276. The minimum Gasteiger partial charge on any atom is -0.497 e. The Hall–Kier alpha value is -0.770. The molecule has 66 valence electrons. The lowest BCUT2D eigenvalue weighted by molar-refractivity contribution is 0.414. The highest BCUT2D eigenvalue weighted by molar-refractivity contribution is 6.31. The summed E-state index contributed by atoms with van der Waals surface area (Å²) in [7, 11) is 1.58. The molecule has 0 spiro atoms. The molecule has 1 rings (SSSR count). The zero-order chi connectivity index (χ0) is 9.14. The fraction of sp³-hybridized carbons (Fsp3) is 0.250. The molecule has 1 aromatic carbocycles. The summed E-state index contributed by atoms with van der Waals surface area (Å²) < 4.78 is 4.96. The largest absolute Gasteiger partial charge is 0.497 e. The maximum Gasteiger partial charge on any atom is 0.120 e. The third-order valence-electron chi connectivity index (χ3n) is 1.57. The quantitative estimate of drug-likeness (QED) is 0.684. The summed E-state index contributed by atoms with van der Waals surface area (Å²) in [5, 5.41) is 0.532. The minimum absolute atomic E-state index is 0.532. The number of halogens is 1. The first-order valence-electron chi connectivity index (χ1n) is 3.49. The van der Waals surface area contributed by atoms with Crippen molar-refractivity contribution in [1.82, 2.24) is 0 Å². The van der Waals surface area contributed by atoms with Gasteiger partial charge in [-0.15, -0.1) is 0 Å². The van der Waals surface area contributed by atoms with Crippen LogP contribution >= 0.6 is 11.6 Å².